The number of rotatable bonds is 3. The smallest absolute Gasteiger partial charge is 0.148 e. The first-order valence-corrected chi connectivity index (χ1v) is 6.52. The van der Waals surface area contributed by atoms with Gasteiger partial charge in [0, 0.05) is 24.8 Å². The van der Waals surface area contributed by atoms with Crippen LogP contribution in [0.3, 0.4) is 0 Å². The maximum Gasteiger partial charge on any atom is 0.148 e. The average molecular weight is 236 g/mol. The second-order valence-electron chi connectivity index (χ2n) is 5.37. The molecule has 1 fully saturated rings. The third kappa shape index (κ3) is 3.00. The van der Waals surface area contributed by atoms with Gasteiger partial charge in [0.1, 0.15) is 5.82 Å². The van der Waals surface area contributed by atoms with Crippen molar-refractivity contribution in [2.24, 2.45) is 13.0 Å². The summed E-state index contributed by atoms with van der Waals surface area (Å²) in [5, 5.41) is 7.99. The Bertz CT molecular complexity index is 344. The van der Waals surface area contributed by atoms with Gasteiger partial charge < -0.3 is 10.2 Å². The first-order valence-electron chi connectivity index (χ1n) is 6.52. The van der Waals surface area contributed by atoms with Crippen molar-refractivity contribution in [2.75, 3.05) is 25.5 Å². The molecule has 1 aromatic rings. The van der Waals surface area contributed by atoms with Gasteiger partial charge in [-0.15, -0.1) is 0 Å². The lowest BCUT2D eigenvalue weighted by Crippen LogP contribution is -2.37. The first-order chi connectivity index (χ1) is 8.06. The molecule has 1 saturated heterocycles. The summed E-state index contributed by atoms with van der Waals surface area (Å²) in [4.78, 5) is 2.41. The number of anilines is 1. The molecular weight excluding hydrogens is 212 g/mol. The highest BCUT2D eigenvalue weighted by Crippen LogP contribution is 2.22. The molecule has 4 nitrogen and oxygen atoms in total. The number of hydrogen-bond acceptors (Lipinski definition) is 3. The van der Waals surface area contributed by atoms with E-state index in [2.05, 4.69) is 42.3 Å². The van der Waals surface area contributed by atoms with Crippen LogP contribution in [0, 0.1) is 12.8 Å². The van der Waals surface area contributed by atoms with Crippen molar-refractivity contribution in [1.82, 2.24) is 14.7 Å². The minimum absolute atomic E-state index is 0.512. The zero-order valence-electron chi connectivity index (χ0n) is 11.4. The Morgan fingerprint density at radius 1 is 1.35 bits per heavy atom. The highest BCUT2D eigenvalue weighted by Gasteiger charge is 2.22. The Morgan fingerprint density at radius 3 is 2.53 bits per heavy atom. The molecule has 0 aliphatic carbocycles. The van der Waals surface area contributed by atoms with Crippen LogP contribution in [0.5, 0.6) is 0 Å². The molecule has 0 saturated carbocycles. The SMILES string of the molecule is Cc1cc(NC(C)C2CCN(C)CC2)nn1C. The Balaban J connectivity index is 1.90. The molecule has 1 aliphatic heterocycles. The van der Waals surface area contributed by atoms with Crippen LogP contribution in [0.1, 0.15) is 25.5 Å². The van der Waals surface area contributed by atoms with Crippen molar-refractivity contribution in [3.05, 3.63) is 11.8 Å². The molecule has 1 aliphatic rings. The average Bonchev–Trinajstić information content (AvgIpc) is 2.58. The van der Waals surface area contributed by atoms with E-state index in [1.807, 2.05) is 11.7 Å². The third-order valence-electron chi connectivity index (χ3n) is 3.96. The molecule has 0 aromatic carbocycles. The van der Waals surface area contributed by atoms with Gasteiger partial charge in [0.2, 0.25) is 0 Å². The highest BCUT2D eigenvalue weighted by molar-refractivity contribution is 5.36. The van der Waals surface area contributed by atoms with Crippen LogP contribution in [-0.2, 0) is 7.05 Å². The van der Waals surface area contributed by atoms with Gasteiger partial charge in [0.15, 0.2) is 0 Å². The van der Waals surface area contributed by atoms with E-state index in [0.29, 0.717) is 6.04 Å². The van der Waals surface area contributed by atoms with Crippen LogP contribution in [0.4, 0.5) is 5.82 Å². The Kier molecular flexibility index (Phi) is 3.72. The number of likely N-dealkylation sites (tertiary alicyclic amines) is 1. The van der Waals surface area contributed by atoms with Gasteiger partial charge in [-0.3, -0.25) is 4.68 Å². The number of aryl methyl sites for hydroxylation is 2. The minimum Gasteiger partial charge on any atom is -0.366 e. The number of hydrogen-bond donors (Lipinski definition) is 1. The molecule has 0 spiro atoms. The quantitative estimate of drug-likeness (QED) is 0.870. The number of aromatic nitrogens is 2. The van der Waals surface area contributed by atoms with Gasteiger partial charge in [-0.1, -0.05) is 0 Å². The van der Waals surface area contributed by atoms with Crippen molar-refractivity contribution in [2.45, 2.75) is 32.7 Å². The van der Waals surface area contributed by atoms with E-state index in [1.54, 1.807) is 0 Å². The lowest BCUT2D eigenvalue weighted by atomic mass is 9.90. The molecule has 1 aromatic heterocycles. The molecule has 1 atom stereocenters. The molecule has 1 N–H and O–H groups in total. The first kappa shape index (κ1) is 12.4. The van der Waals surface area contributed by atoms with E-state index in [1.165, 1.54) is 31.6 Å². The van der Waals surface area contributed by atoms with Gasteiger partial charge in [0.05, 0.1) is 0 Å². The molecule has 96 valence electrons. The molecule has 0 amide bonds. The van der Waals surface area contributed by atoms with Crippen molar-refractivity contribution in [3.63, 3.8) is 0 Å². The number of nitrogens with one attached hydrogen (secondary N) is 1. The zero-order chi connectivity index (χ0) is 12.4. The van der Waals surface area contributed by atoms with E-state index in [9.17, 15) is 0 Å². The second-order valence-corrected chi connectivity index (χ2v) is 5.37. The maximum atomic E-state index is 4.46. The van der Waals surface area contributed by atoms with Gasteiger partial charge in [-0.05, 0) is 52.7 Å². The molecule has 4 heteroatoms. The van der Waals surface area contributed by atoms with Crippen LogP contribution in [-0.4, -0.2) is 40.9 Å². The summed E-state index contributed by atoms with van der Waals surface area (Å²) in [6.07, 6.45) is 2.58. The summed E-state index contributed by atoms with van der Waals surface area (Å²) in [5.41, 5.74) is 1.20. The van der Waals surface area contributed by atoms with Crippen molar-refractivity contribution in [1.29, 1.82) is 0 Å². The normalized spacial score (nSPS) is 20.5. The standard InChI is InChI=1S/C13H24N4/c1-10-9-13(15-17(10)4)14-11(2)12-5-7-16(3)8-6-12/h9,11-12H,5-8H2,1-4H3,(H,14,15). The summed E-state index contributed by atoms with van der Waals surface area (Å²) in [6, 6.07) is 2.63. The van der Waals surface area contributed by atoms with Crippen LogP contribution in [0.25, 0.3) is 0 Å². The van der Waals surface area contributed by atoms with Gasteiger partial charge in [-0.25, -0.2) is 0 Å². The lowest BCUT2D eigenvalue weighted by molar-refractivity contribution is 0.208. The van der Waals surface area contributed by atoms with Crippen LogP contribution >= 0.6 is 0 Å². The Hall–Kier alpha value is -1.03. The highest BCUT2D eigenvalue weighted by atomic mass is 15.3. The van der Waals surface area contributed by atoms with Crippen LogP contribution in [0.15, 0.2) is 6.07 Å². The molecule has 1 unspecified atom stereocenters. The Morgan fingerprint density at radius 2 is 2.00 bits per heavy atom. The fourth-order valence-corrected chi connectivity index (χ4v) is 2.51. The largest absolute Gasteiger partial charge is 0.366 e. The van der Waals surface area contributed by atoms with Crippen molar-refractivity contribution in [3.8, 4) is 0 Å². The summed E-state index contributed by atoms with van der Waals surface area (Å²) < 4.78 is 1.92. The van der Waals surface area contributed by atoms with E-state index in [4.69, 9.17) is 0 Å². The Labute approximate surface area is 104 Å². The minimum atomic E-state index is 0.512. The lowest BCUT2D eigenvalue weighted by Gasteiger charge is -2.33. The van der Waals surface area contributed by atoms with E-state index in [-0.39, 0.29) is 0 Å². The maximum absolute atomic E-state index is 4.46. The van der Waals surface area contributed by atoms with E-state index < -0.39 is 0 Å². The van der Waals surface area contributed by atoms with Crippen LogP contribution < -0.4 is 5.32 Å². The third-order valence-corrected chi connectivity index (χ3v) is 3.96. The van der Waals surface area contributed by atoms with Gasteiger partial charge in [0.25, 0.3) is 0 Å². The number of piperidine rings is 1. The predicted molar refractivity (Wildman–Crippen MR) is 71.3 cm³/mol. The van der Waals surface area contributed by atoms with E-state index >= 15 is 0 Å². The second kappa shape index (κ2) is 5.08. The molecule has 17 heavy (non-hydrogen) atoms. The fraction of sp³-hybridized carbons (Fsp3) is 0.769. The molecular formula is C13H24N4. The predicted octanol–water partition coefficient (Wildman–Crippen LogP) is 1.87. The topological polar surface area (TPSA) is 33.1 Å². The van der Waals surface area contributed by atoms with Gasteiger partial charge >= 0.3 is 0 Å². The number of nitrogens with zero attached hydrogens (tertiary/aromatic N) is 3. The zero-order valence-corrected chi connectivity index (χ0v) is 11.4. The molecule has 0 bridgehead atoms. The van der Waals surface area contributed by atoms with Crippen LogP contribution in [0.2, 0.25) is 0 Å². The summed E-state index contributed by atoms with van der Waals surface area (Å²) >= 11 is 0. The van der Waals surface area contributed by atoms with Gasteiger partial charge in [-0.2, -0.15) is 5.10 Å². The molecule has 0 radical (unpaired) electrons. The summed E-state index contributed by atoms with van der Waals surface area (Å²) in [7, 11) is 4.19. The molecule has 2 heterocycles. The fourth-order valence-electron chi connectivity index (χ4n) is 2.51. The molecule has 2 rings (SSSR count). The summed E-state index contributed by atoms with van der Waals surface area (Å²) in [6.45, 7) is 6.80. The monoisotopic (exact) mass is 236 g/mol. The van der Waals surface area contributed by atoms with Crippen molar-refractivity contribution < 1.29 is 0 Å². The van der Waals surface area contributed by atoms with E-state index in [0.717, 1.165) is 11.7 Å². The summed E-state index contributed by atoms with van der Waals surface area (Å²) in [5.74, 6) is 1.78. The van der Waals surface area contributed by atoms with Crippen molar-refractivity contribution >= 4 is 5.82 Å².